The Morgan fingerprint density at radius 3 is 2.53 bits per heavy atom. The van der Waals surface area contributed by atoms with Gasteiger partial charge >= 0.3 is 10.6 Å². The van der Waals surface area contributed by atoms with Gasteiger partial charge in [0.1, 0.15) is 0 Å². The molecule has 0 saturated heterocycles. The minimum absolute atomic E-state index is 0.345. The Hall–Kier alpha value is -2.14. The fraction of sp³-hybridized carbons (Fsp3) is 0. The Kier molecular flexibility index (Phi) is 2.19. The van der Waals surface area contributed by atoms with Gasteiger partial charge in [0.15, 0.2) is 0 Å². The zero-order valence-corrected chi connectivity index (χ0v) is 9.53. The molecular weight excluding hydrogens is 236 g/mol. The van der Waals surface area contributed by atoms with E-state index < -0.39 is 5.69 Å². The van der Waals surface area contributed by atoms with Crippen molar-refractivity contribution in [3.63, 3.8) is 0 Å². The summed E-state index contributed by atoms with van der Waals surface area (Å²) in [5, 5.41) is 1.99. The Balaban J connectivity index is 2.42. The molecule has 0 aliphatic heterocycles. The number of fused-ring (bicyclic) bond motifs is 1. The topological polar surface area (TPSA) is 54.9 Å². The highest BCUT2D eigenvalue weighted by molar-refractivity contribution is 7.03. The van der Waals surface area contributed by atoms with Gasteiger partial charge in [-0.05, 0) is 11.5 Å². The van der Waals surface area contributed by atoms with E-state index in [9.17, 15) is 9.59 Å². The van der Waals surface area contributed by atoms with Crippen LogP contribution in [-0.2, 0) is 0 Å². The van der Waals surface area contributed by atoms with Gasteiger partial charge in [0.2, 0.25) is 0 Å². The van der Waals surface area contributed by atoms with Crippen LogP contribution in [0.25, 0.3) is 16.5 Å². The molecule has 5 heteroatoms. The molecule has 3 aromatic rings. The van der Waals surface area contributed by atoms with Crippen molar-refractivity contribution < 1.29 is 0 Å². The number of hydrogen-bond donors (Lipinski definition) is 1. The Morgan fingerprint density at radius 2 is 1.76 bits per heavy atom. The molecule has 4 nitrogen and oxygen atoms in total. The van der Waals surface area contributed by atoms with E-state index in [0.29, 0.717) is 0 Å². The molecule has 0 atom stereocenters. The van der Waals surface area contributed by atoms with Crippen LogP contribution in [0.4, 0.5) is 0 Å². The molecule has 0 unspecified atom stereocenters. The molecule has 1 N–H and O–H groups in total. The highest BCUT2D eigenvalue weighted by Crippen LogP contribution is 2.21. The number of aromatic nitrogens is 2. The third-order valence-electron chi connectivity index (χ3n) is 2.55. The van der Waals surface area contributed by atoms with E-state index in [2.05, 4.69) is 4.98 Å². The van der Waals surface area contributed by atoms with E-state index in [1.165, 1.54) is 3.96 Å². The molecular formula is C12H8N2O2S. The van der Waals surface area contributed by atoms with E-state index in [4.69, 9.17) is 0 Å². The number of nitrogens with zero attached hydrogens (tertiary/aromatic N) is 1. The monoisotopic (exact) mass is 244 g/mol. The zero-order chi connectivity index (χ0) is 11.8. The van der Waals surface area contributed by atoms with Crippen LogP contribution in [0.1, 0.15) is 0 Å². The average Bonchev–Trinajstić information content (AvgIpc) is 2.68. The van der Waals surface area contributed by atoms with Gasteiger partial charge in [-0.2, -0.15) is 0 Å². The lowest BCUT2D eigenvalue weighted by molar-refractivity contribution is 1.05. The zero-order valence-electron chi connectivity index (χ0n) is 8.71. The van der Waals surface area contributed by atoms with Gasteiger partial charge in [0.05, 0.1) is 5.69 Å². The molecule has 0 spiro atoms. The van der Waals surface area contributed by atoms with Crippen LogP contribution < -0.4 is 10.6 Å². The Labute approximate surface area is 99.9 Å². The first-order chi connectivity index (χ1) is 8.25. The predicted octanol–water partition coefficient (Wildman–Crippen LogP) is 1.74. The quantitative estimate of drug-likeness (QED) is 0.709. The maximum absolute atomic E-state index is 11.6. The van der Waals surface area contributed by atoms with E-state index >= 15 is 0 Å². The minimum Gasteiger partial charge on any atom is -0.263 e. The molecule has 0 aliphatic rings. The summed E-state index contributed by atoms with van der Waals surface area (Å²) in [5.41, 5.74) is 0.341. The summed E-state index contributed by atoms with van der Waals surface area (Å²) in [4.78, 5) is 24.7. The Morgan fingerprint density at radius 1 is 1.00 bits per heavy atom. The molecule has 3 rings (SSSR count). The van der Waals surface area contributed by atoms with Crippen LogP contribution in [-0.4, -0.2) is 8.94 Å². The number of aromatic amines is 1. The molecule has 84 valence electrons. The first-order valence-corrected chi connectivity index (χ1v) is 5.84. The minimum atomic E-state index is -0.392. The van der Waals surface area contributed by atoms with Crippen molar-refractivity contribution in [1.29, 1.82) is 0 Å². The van der Waals surface area contributed by atoms with Gasteiger partial charge in [-0.3, -0.25) is 9.78 Å². The van der Waals surface area contributed by atoms with E-state index in [0.717, 1.165) is 28.0 Å². The fourth-order valence-corrected chi connectivity index (χ4v) is 2.51. The van der Waals surface area contributed by atoms with Crippen LogP contribution >= 0.6 is 11.5 Å². The smallest absolute Gasteiger partial charge is 0.263 e. The summed E-state index contributed by atoms with van der Waals surface area (Å²) in [7, 11) is 0. The van der Waals surface area contributed by atoms with Gasteiger partial charge < -0.3 is 0 Å². The lowest BCUT2D eigenvalue weighted by Gasteiger charge is -2.04. The molecule has 0 fully saturated rings. The highest BCUT2D eigenvalue weighted by atomic mass is 32.1. The molecule has 1 heterocycles. The van der Waals surface area contributed by atoms with Crippen molar-refractivity contribution in [1.82, 2.24) is 8.94 Å². The summed E-state index contributed by atoms with van der Waals surface area (Å²) in [6.45, 7) is 0. The van der Waals surface area contributed by atoms with E-state index in [1.54, 1.807) is 0 Å². The van der Waals surface area contributed by atoms with Gasteiger partial charge in [0, 0.05) is 16.9 Å². The summed E-state index contributed by atoms with van der Waals surface area (Å²) >= 11 is 0.875. The van der Waals surface area contributed by atoms with Crippen LogP contribution in [0, 0.1) is 0 Å². The van der Waals surface area contributed by atoms with Crippen molar-refractivity contribution >= 4 is 22.3 Å². The number of benzene rings is 2. The lowest BCUT2D eigenvalue weighted by Crippen LogP contribution is -2.14. The molecule has 0 aliphatic carbocycles. The largest absolute Gasteiger partial charge is 0.343 e. The van der Waals surface area contributed by atoms with Crippen molar-refractivity contribution in [2.75, 3.05) is 0 Å². The van der Waals surface area contributed by atoms with Gasteiger partial charge in [0.25, 0.3) is 0 Å². The van der Waals surface area contributed by atoms with Crippen molar-refractivity contribution in [3.05, 3.63) is 62.6 Å². The molecule has 0 bridgehead atoms. The predicted molar refractivity (Wildman–Crippen MR) is 68.0 cm³/mol. The first kappa shape index (κ1) is 10.0. The van der Waals surface area contributed by atoms with Crippen molar-refractivity contribution in [2.24, 2.45) is 0 Å². The van der Waals surface area contributed by atoms with Crippen molar-refractivity contribution in [3.8, 4) is 5.69 Å². The number of hydrogen-bond acceptors (Lipinski definition) is 3. The van der Waals surface area contributed by atoms with Gasteiger partial charge in [-0.1, -0.05) is 36.4 Å². The standard InChI is InChI=1S/C12H8N2O2S/c15-11-13-12(16)17-14(11)10-7-3-5-8-4-1-2-6-9(8)10/h1-7H,(H,13,15,16). The molecule has 2 aromatic carbocycles. The number of nitrogens with one attached hydrogen (secondary N) is 1. The average molecular weight is 244 g/mol. The van der Waals surface area contributed by atoms with Gasteiger partial charge in [-0.25, -0.2) is 8.75 Å². The van der Waals surface area contributed by atoms with Crippen LogP contribution in [0.5, 0.6) is 0 Å². The molecule has 0 radical (unpaired) electrons. The molecule has 0 amide bonds. The summed E-state index contributed by atoms with van der Waals surface area (Å²) in [6.07, 6.45) is 0. The summed E-state index contributed by atoms with van der Waals surface area (Å²) in [6, 6.07) is 13.4. The second-order valence-electron chi connectivity index (χ2n) is 3.60. The van der Waals surface area contributed by atoms with Crippen LogP contribution in [0.15, 0.2) is 52.1 Å². The molecule has 1 aromatic heterocycles. The lowest BCUT2D eigenvalue weighted by atomic mass is 10.1. The number of rotatable bonds is 1. The maximum Gasteiger partial charge on any atom is 0.343 e. The fourth-order valence-electron chi connectivity index (χ4n) is 1.83. The van der Waals surface area contributed by atoms with Gasteiger partial charge in [-0.15, -0.1) is 0 Å². The summed E-state index contributed by atoms with van der Waals surface area (Å²) < 4.78 is 1.38. The molecule has 0 saturated carbocycles. The third kappa shape index (κ3) is 1.60. The van der Waals surface area contributed by atoms with Crippen LogP contribution in [0.3, 0.4) is 0 Å². The van der Waals surface area contributed by atoms with Crippen molar-refractivity contribution in [2.45, 2.75) is 0 Å². The SMILES string of the molecule is O=c1[nH]c(=O)n(-c2cccc3ccccc23)s1. The number of H-pyrrole nitrogens is 1. The maximum atomic E-state index is 11.6. The molecule has 17 heavy (non-hydrogen) atoms. The summed E-state index contributed by atoms with van der Waals surface area (Å²) in [5.74, 6) is 0. The highest BCUT2D eigenvalue weighted by Gasteiger charge is 2.07. The van der Waals surface area contributed by atoms with Crippen LogP contribution in [0.2, 0.25) is 0 Å². The normalized spacial score (nSPS) is 10.8. The van der Waals surface area contributed by atoms with E-state index in [1.807, 2.05) is 42.5 Å². The third-order valence-corrected chi connectivity index (χ3v) is 3.37. The van der Waals surface area contributed by atoms with E-state index in [-0.39, 0.29) is 4.87 Å². The second kappa shape index (κ2) is 3.71. The second-order valence-corrected chi connectivity index (χ2v) is 4.52. The Bertz CT molecular complexity index is 792. The first-order valence-electron chi connectivity index (χ1n) is 5.06.